The van der Waals surface area contributed by atoms with Gasteiger partial charge in [0.25, 0.3) is 0 Å². The van der Waals surface area contributed by atoms with Gasteiger partial charge in [0, 0.05) is 19.2 Å². The second-order valence-electron chi connectivity index (χ2n) is 9.66. The van der Waals surface area contributed by atoms with Crippen LogP contribution >= 0.6 is 7.75 Å². The molecule has 3 aromatic rings. The van der Waals surface area contributed by atoms with Crippen molar-refractivity contribution in [3.8, 4) is 5.75 Å². The van der Waals surface area contributed by atoms with Gasteiger partial charge in [0.1, 0.15) is 5.75 Å². The highest BCUT2D eigenvalue weighted by molar-refractivity contribution is 7.51. The normalized spacial score (nSPS) is 14.6. The summed E-state index contributed by atoms with van der Waals surface area (Å²) in [4.78, 5) is 0. The van der Waals surface area contributed by atoms with Gasteiger partial charge in [0.05, 0.1) is 18.6 Å². The largest absolute Gasteiger partial charge is 0.497 e. The van der Waals surface area contributed by atoms with Crippen molar-refractivity contribution in [2.45, 2.75) is 57.7 Å². The maximum absolute atomic E-state index is 14.5. The summed E-state index contributed by atoms with van der Waals surface area (Å²) in [5, 5.41) is 0. The van der Waals surface area contributed by atoms with E-state index in [1.54, 1.807) is 7.11 Å². The van der Waals surface area contributed by atoms with Crippen LogP contribution in [-0.2, 0) is 19.0 Å². The summed E-state index contributed by atoms with van der Waals surface area (Å²) in [6, 6.07) is 28.3. The number of ether oxygens (including phenoxy) is 1. The minimum atomic E-state index is -3.73. The molecule has 0 saturated heterocycles. The number of nitrogens with zero attached hydrogens (tertiary/aromatic N) is 1. The zero-order chi connectivity index (χ0) is 27.1. The van der Waals surface area contributed by atoms with Crippen LogP contribution in [-0.4, -0.2) is 43.6 Å². The molecule has 0 bridgehead atoms. The molecule has 2 N–H and O–H groups in total. The highest BCUT2D eigenvalue weighted by Crippen LogP contribution is 2.58. The first kappa shape index (κ1) is 29.1. The topological polar surface area (TPSA) is 74.0 Å². The van der Waals surface area contributed by atoms with Crippen LogP contribution in [0.25, 0.3) is 0 Å². The fourth-order valence-corrected chi connectivity index (χ4v) is 7.43. The van der Waals surface area contributed by atoms with Gasteiger partial charge in [-0.15, -0.1) is 0 Å². The first-order chi connectivity index (χ1) is 17.7. The first-order valence-corrected chi connectivity index (χ1v) is 14.3. The van der Waals surface area contributed by atoms with Crippen LogP contribution in [0, 0.1) is 0 Å². The number of hydrogen-bond donors (Lipinski definition) is 1. The van der Waals surface area contributed by atoms with E-state index in [2.05, 4.69) is 24.3 Å². The summed E-state index contributed by atoms with van der Waals surface area (Å²) in [5.41, 5.74) is 8.38. The molecule has 2 unspecified atom stereocenters. The van der Waals surface area contributed by atoms with Crippen LogP contribution in [0.5, 0.6) is 5.75 Å². The van der Waals surface area contributed by atoms with Crippen LogP contribution in [0.4, 0.5) is 0 Å². The molecule has 2 atom stereocenters. The molecule has 0 spiro atoms. The number of methoxy groups -OCH3 is 1. The molecule has 0 radical (unpaired) electrons. The molecule has 6 nitrogen and oxygen atoms in total. The van der Waals surface area contributed by atoms with E-state index in [-0.39, 0.29) is 12.1 Å². The second kappa shape index (κ2) is 12.9. The lowest BCUT2D eigenvalue weighted by Gasteiger charge is -2.45. The minimum Gasteiger partial charge on any atom is -0.497 e. The Balaban J connectivity index is 2.37. The number of nitrogens with two attached hydrogens (primary N) is 1. The van der Waals surface area contributed by atoms with E-state index in [0.717, 1.165) is 22.4 Å². The number of benzene rings is 3. The fraction of sp³-hybridized carbons (Fsp3) is 0.400. The molecule has 0 heterocycles. The Labute approximate surface area is 222 Å². The summed E-state index contributed by atoms with van der Waals surface area (Å²) >= 11 is 0. The summed E-state index contributed by atoms with van der Waals surface area (Å²) in [7, 11) is -0.621. The Hall–Kier alpha value is -2.47. The SMILES string of the molecule is COc1ccc(C(c2ccccc2)(c2ccccc2)C(CCN)OP(=O)(OC)N(C(C)C)C(C)C)cc1. The van der Waals surface area contributed by atoms with Gasteiger partial charge in [-0.1, -0.05) is 72.8 Å². The smallest absolute Gasteiger partial charge is 0.408 e. The van der Waals surface area contributed by atoms with Crippen molar-refractivity contribution in [1.82, 2.24) is 4.67 Å². The molecule has 37 heavy (non-hydrogen) atoms. The molecule has 7 heteroatoms. The maximum atomic E-state index is 14.5. The molecule has 0 aliphatic rings. The van der Waals surface area contributed by atoms with Gasteiger partial charge >= 0.3 is 7.75 Å². The summed E-state index contributed by atoms with van der Waals surface area (Å²) in [5.74, 6) is 0.753. The van der Waals surface area contributed by atoms with E-state index in [0.29, 0.717) is 13.0 Å². The molecular weight excluding hydrogens is 483 g/mol. The molecule has 0 aliphatic carbocycles. The van der Waals surface area contributed by atoms with E-state index in [9.17, 15) is 4.57 Å². The van der Waals surface area contributed by atoms with E-state index < -0.39 is 19.3 Å². The van der Waals surface area contributed by atoms with E-state index in [1.165, 1.54) is 7.11 Å². The van der Waals surface area contributed by atoms with Gasteiger partial charge in [0.15, 0.2) is 0 Å². The predicted molar refractivity (Wildman–Crippen MR) is 151 cm³/mol. The van der Waals surface area contributed by atoms with E-state index in [1.807, 2.05) is 93.0 Å². The van der Waals surface area contributed by atoms with Gasteiger partial charge in [-0.3, -0.25) is 9.05 Å². The average molecular weight is 525 g/mol. The third-order valence-corrected chi connectivity index (χ3v) is 9.22. The quantitative estimate of drug-likeness (QED) is 0.200. The van der Waals surface area contributed by atoms with Gasteiger partial charge in [0.2, 0.25) is 0 Å². The second-order valence-corrected chi connectivity index (χ2v) is 11.6. The highest BCUT2D eigenvalue weighted by Gasteiger charge is 2.49. The molecule has 0 fully saturated rings. The Kier molecular flexibility index (Phi) is 10.1. The zero-order valence-corrected chi connectivity index (χ0v) is 23.7. The van der Waals surface area contributed by atoms with Crippen molar-refractivity contribution in [3.63, 3.8) is 0 Å². The summed E-state index contributed by atoms with van der Waals surface area (Å²) in [6.45, 7) is 8.33. The first-order valence-electron chi connectivity index (χ1n) is 12.8. The number of rotatable bonds is 13. The Morgan fingerprint density at radius 2 is 1.24 bits per heavy atom. The molecule has 0 aliphatic heterocycles. The number of hydrogen-bond acceptors (Lipinski definition) is 5. The summed E-state index contributed by atoms with van der Waals surface area (Å²) < 4.78 is 34.3. The van der Waals surface area contributed by atoms with Gasteiger partial charge in [-0.2, -0.15) is 0 Å². The van der Waals surface area contributed by atoms with E-state index in [4.69, 9.17) is 19.5 Å². The lowest BCUT2D eigenvalue weighted by atomic mass is 9.65. The Bertz CT molecular complexity index is 1090. The van der Waals surface area contributed by atoms with Gasteiger partial charge in [-0.25, -0.2) is 9.24 Å². The minimum absolute atomic E-state index is 0.0619. The third-order valence-electron chi connectivity index (χ3n) is 6.75. The Morgan fingerprint density at radius 3 is 1.62 bits per heavy atom. The lowest BCUT2D eigenvalue weighted by molar-refractivity contribution is 0.0765. The van der Waals surface area contributed by atoms with Crippen molar-refractivity contribution in [1.29, 1.82) is 0 Å². The predicted octanol–water partition coefficient (Wildman–Crippen LogP) is 6.64. The molecule has 0 amide bonds. The summed E-state index contributed by atoms with van der Waals surface area (Å²) in [6.07, 6.45) is -0.158. The fourth-order valence-electron chi connectivity index (χ4n) is 5.33. The molecular formula is C30H41N2O4P. The van der Waals surface area contributed by atoms with E-state index >= 15 is 0 Å². The Morgan fingerprint density at radius 1 is 0.784 bits per heavy atom. The third kappa shape index (κ3) is 6.00. The standard InChI is InChI=1S/C30H41N2O4P/c1-23(2)32(24(3)4)37(33,35-6)36-29(21-22-31)30(25-13-9-7-10-14-25,26-15-11-8-12-16-26)27-17-19-28(34-5)20-18-27/h7-20,23-24,29H,21-22,31H2,1-6H3. The highest BCUT2D eigenvalue weighted by atomic mass is 31.2. The monoisotopic (exact) mass is 524 g/mol. The molecule has 200 valence electrons. The van der Waals surface area contributed by atoms with Crippen LogP contribution in [0.2, 0.25) is 0 Å². The van der Waals surface area contributed by atoms with Crippen molar-refractivity contribution in [2.24, 2.45) is 5.73 Å². The van der Waals surface area contributed by atoms with Crippen LogP contribution < -0.4 is 10.5 Å². The zero-order valence-electron chi connectivity index (χ0n) is 22.8. The van der Waals surface area contributed by atoms with Crippen molar-refractivity contribution in [2.75, 3.05) is 20.8 Å². The van der Waals surface area contributed by atoms with Gasteiger partial charge < -0.3 is 10.5 Å². The van der Waals surface area contributed by atoms with Crippen LogP contribution in [0.1, 0.15) is 50.8 Å². The lowest BCUT2D eigenvalue weighted by Crippen LogP contribution is -2.46. The average Bonchev–Trinajstić information content (AvgIpc) is 2.90. The van der Waals surface area contributed by atoms with Crippen molar-refractivity contribution >= 4 is 7.75 Å². The molecule has 0 aromatic heterocycles. The van der Waals surface area contributed by atoms with Crippen LogP contribution in [0.3, 0.4) is 0 Å². The maximum Gasteiger partial charge on any atom is 0.408 e. The van der Waals surface area contributed by atoms with Gasteiger partial charge in [-0.05, 0) is 69.5 Å². The van der Waals surface area contributed by atoms with Crippen molar-refractivity contribution in [3.05, 3.63) is 102 Å². The molecule has 3 rings (SSSR count). The molecule has 3 aromatic carbocycles. The molecule has 0 saturated carbocycles. The van der Waals surface area contributed by atoms with Crippen LogP contribution in [0.15, 0.2) is 84.9 Å². The van der Waals surface area contributed by atoms with Crippen molar-refractivity contribution < 1.29 is 18.3 Å².